The molecule has 1 saturated carbocycles. The Bertz CT molecular complexity index is 1020. The van der Waals surface area contributed by atoms with Gasteiger partial charge in [0.25, 0.3) is 0 Å². The summed E-state index contributed by atoms with van der Waals surface area (Å²) in [6, 6.07) is 5.91. The summed E-state index contributed by atoms with van der Waals surface area (Å²) in [6.45, 7) is 5.84. The lowest BCUT2D eigenvalue weighted by Crippen LogP contribution is -2.39. The third kappa shape index (κ3) is 3.23. The fourth-order valence-electron chi connectivity index (χ4n) is 3.79. The summed E-state index contributed by atoms with van der Waals surface area (Å²) in [5.41, 5.74) is 4.34. The van der Waals surface area contributed by atoms with Crippen molar-refractivity contribution in [2.24, 2.45) is 0 Å². The fraction of sp³-hybridized carbons (Fsp3) is 0.500. The molecular formula is C20H23N3O3S. The normalized spacial score (nSPS) is 18.7. The lowest BCUT2D eigenvalue weighted by atomic mass is 10.0. The second kappa shape index (κ2) is 6.38. The van der Waals surface area contributed by atoms with Gasteiger partial charge in [0.2, 0.25) is 0 Å². The molecule has 142 valence electrons. The Morgan fingerprint density at radius 1 is 1.26 bits per heavy atom. The molecule has 0 radical (unpaired) electrons. The molecule has 0 atom stereocenters. The molecule has 0 spiro atoms. The number of nitriles is 1. The number of hydrogen-bond acceptors (Lipinski definition) is 5. The van der Waals surface area contributed by atoms with Crippen LogP contribution >= 0.6 is 0 Å². The highest BCUT2D eigenvalue weighted by atomic mass is 32.2. The van der Waals surface area contributed by atoms with Crippen molar-refractivity contribution in [2.45, 2.75) is 52.0 Å². The Morgan fingerprint density at radius 2 is 1.89 bits per heavy atom. The van der Waals surface area contributed by atoms with E-state index in [4.69, 9.17) is 9.84 Å². The predicted molar refractivity (Wildman–Crippen MR) is 102 cm³/mol. The average Bonchev–Trinajstić information content (AvgIpc) is 3.34. The van der Waals surface area contributed by atoms with Gasteiger partial charge in [0, 0.05) is 5.92 Å². The van der Waals surface area contributed by atoms with Crippen LogP contribution in [0.3, 0.4) is 0 Å². The molecule has 1 aromatic carbocycles. The summed E-state index contributed by atoms with van der Waals surface area (Å²) >= 11 is 0. The van der Waals surface area contributed by atoms with E-state index in [0.717, 1.165) is 47.5 Å². The van der Waals surface area contributed by atoms with Gasteiger partial charge in [-0.2, -0.15) is 10.4 Å². The van der Waals surface area contributed by atoms with Gasteiger partial charge in [0.05, 0.1) is 34.9 Å². The number of rotatable bonds is 5. The third-order valence-corrected chi connectivity index (χ3v) is 7.13. The number of benzene rings is 1. The Kier molecular flexibility index (Phi) is 4.26. The first-order valence-electron chi connectivity index (χ1n) is 9.33. The molecule has 4 rings (SSSR count). The van der Waals surface area contributed by atoms with Crippen molar-refractivity contribution in [2.75, 3.05) is 11.5 Å². The largest absolute Gasteiger partial charge is 0.453 e. The van der Waals surface area contributed by atoms with Crippen LogP contribution in [-0.4, -0.2) is 29.7 Å². The molecule has 0 unspecified atom stereocenters. The van der Waals surface area contributed by atoms with Crippen LogP contribution in [0.15, 0.2) is 12.1 Å². The second-order valence-corrected chi connectivity index (χ2v) is 9.76. The summed E-state index contributed by atoms with van der Waals surface area (Å²) in [7, 11) is -2.92. The minimum absolute atomic E-state index is 0.0855. The van der Waals surface area contributed by atoms with Crippen LogP contribution in [0.4, 0.5) is 0 Å². The molecule has 2 heterocycles. The van der Waals surface area contributed by atoms with Crippen LogP contribution < -0.4 is 4.74 Å². The molecule has 1 saturated heterocycles. The zero-order valence-electron chi connectivity index (χ0n) is 15.8. The molecule has 2 aromatic rings. The molecule has 1 aliphatic heterocycles. The van der Waals surface area contributed by atoms with Gasteiger partial charge in [-0.3, -0.25) is 4.68 Å². The minimum Gasteiger partial charge on any atom is -0.453 e. The minimum atomic E-state index is -2.92. The van der Waals surface area contributed by atoms with Crippen LogP contribution in [0.2, 0.25) is 0 Å². The van der Waals surface area contributed by atoms with Gasteiger partial charge in [0.1, 0.15) is 11.4 Å². The van der Waals surface area contributed by atoms with Crippen molar-refractivity contribution in [3.8, 4) is 17.6 Å². The fourth-order valence-corrected chi connectivity index (χ4v) is 5.14. The van der Waals surface area contributed by atoms with E-state index in [0.29, 0.717) is 17.2 Å². The van der Waals surface area contributed by atoms with Crippen LogP contribution in [-0.2, 0) is 16.3 Å². The maximum Gasteiger partial charge on any atom is 0.171 e. The molecule has 1 aliphatic carbocycles. The Hall–Kier alpha value is -2.33. The zero-order chi connectivity index (χ0) is 19.3. The van der Waals surface area contributed by atoms with Gasteiger partial charge in [-0.15, -0.1) is 0 Å². The number of aromatic nitrogens is 2. The number of aryl methyl sites for hydroxylation is 3. The summed E-state index contributed by atoms with van der Waals surface area (Å²) < 4.78 is 31.5. The lowest BCUT2D eigenvalue weighted by Gasteiger charge is -2.27. The van der Waals surface area contributed by atoms with Crippen LogP contribution in [0.1, 0.15) is 59.8 Å². The molecular weight excluding hydrogens is 362 g/mol. The van der Waals surface area contributed by atoms with Crippen LogP contribution in [0.25, 0.3) is 0 Å². The first-order chi connectivity index (χ1) is 12.8. The van der Waals surface area contributed by atoms with Gasteiger partial charge in [0.15, 0.2) is 15.6 Å². The highest BCUT2D eigenvalue weighted by Crippen LogP contribution is 2.48. The van der Waals surface area contributed by atoms with Crippen molar-refractivity contribution >= 4 is 9.84 Å². The van der Waals surface area contributed by atoms with Crippen molar-refractivity contribution < 1.29 is 13.2 Å². The Morgan fingerprint density at radius 3 is 2.37 bits per heavy atom. The molecule has 7 heteroatoms. The van der Waals surface area contributed by atoms with E-state index in [2.05, 4.69) is 6.07 Å². The quantitative estimate of drug-likeness (QED) is 0.785. The SMILES string of the molecule is CCc1nn(C2CS(=O)(=O)C2)c(C2CC2)c1Oc1cc(C)c(C#N)c(C)c1. The monoisotopic (exact) mass is 385 g/mol. The van der Waals surface area contributed by atoms with Crippen molar-refractivity contribution in [1.82, 2.24) is 9.78 Å². The molecule has 27 heavy (non-hydrogen) atoms. The number of sulfone groups is 1. The number of ether oxygens (including phenoxy) is 1. The molecule has 0 N–H and O–H groups in total. The molecule has 6 nitrogen and oxygen atoms in total. The second-order valence-electron chi connectivity index (χ2n) is 7.61. The highest BCUT2D eigenvalue weighted by Gasteiger charge is 2.41. The third-order valence-electron chi connectivity index (χ3n) is 5.35. The van der Waals surface area contributed by atoms with Gasteiger partial charge in [-0.25, -0.2) is 8.42 Å². The Labute approximate surface area is 159 Å². The van der Waals surface area contributed by atoms with E-state index < -0.39 is 9.84 Å². The van der Waals surface area contributed by atoms with Gasteiger partial charge >= 0.3 is 0 Å². The van der Waals surface area contributed by atoms with Gasteiger partial charge in [-0.05, 0) is 56.4 Å². The van der Waals surface area contributed by atoms with Crippen molar-refractivity contribution in [3.63, 3.8) is 0 Å². The lowest BCUT2D eigenvalue weighted by molar-refractivity contribution is 0.443. The maximum absolute atomic E-state index is 11.7. The summed E-state index contributed by atoms with van der Waals surface area (Å²) in [5, 5.41) is 14.0. The molecule has 2 fully saturated rings. The summed E-state index contributed by atoms with van der Waals surface area (Å²) in [6.07, 6.45) is 2.88. The van der Waals surface area contributed by atoms with Crippen LogP contribution in [0, 0.1) is 25.2 Å². The summed E-state index contributed by atoms with van der Waals surface area (Å²) in [5.74, 6) is 2.17. The smallest absolute Gasteiger partial charge is 0.171 e. The zero-order valence-corrected chi connectivity index (χ0v) is 16.6. The average molecular weight is 385 g/mol. The molecule has 2 aliphatic rings. The molecule has 0 amide bonds. The van der Waals surface area contributed by atoms with E-state index in [1.54, 1.807) is 0 Å². The maximum atomic E-state index is 11.7. The van der Waals surface area contributed by atoms with E-state index in [1.807, 2.05) is 37.6 Å². The topological polar surface area (TPSA) is 85.0 Å². The van der Waals surface area contributed by atoms with Crippen molar-refractivity contribution in [1.29, 1.82) is 5.26 Å². The first kappa shape index (κ1) is 18.1. The number of nitrogens with zero attached hydrogens (tertiary/aromatic N) is 3. The predicted octanol–water partition coefficient (Wildman–Crippen LogP) is 3.57. The van der Waals surface area contributed by atoms with Gasteiger partial charge < -0.3 is 4.74 Å². The number of hydrogen-bond donors (Lipinski definition) is 0. The van der Waals surface area contributed by atoms with E-state index >= 15 is 0 Å². The van der Waals surface area contributed by atoms with E-state index in [-0.39, 0.29) is 17.5 Å². The first-order valence-corrected chi connectivity index (χ1v) is 11.2. The van der Waals surface area contributed by atoms with Crippen LogP contribution in [0.5, 0.6) is 11.5 Å². The molecule has 1 aromatic heterocycles. The Balaban J connectivity index is 1.74. The summed E-state index contributed by atoms with van der Waals surface area (Å²) in [4.78, 5) is 0. The van der Waals surface area contributed by atoms with Crippen molar-refractivity contribution in [3.05, 3.63) is 40.2 Å². The standard InChI is InChI=1S/C20H23N3O3S/c1-4-18-20(26-16-7-12(2)17(9-21)13(3)8-16)19(14-5-6-14)23(22-18)15-10-27(24,25)11-15/h7-8,14-15H,4-6,10-11H2,1-3H3. The highest BCUT2D eigenvalue weighted by molar-refractivity contribution is 7.92. The molecule has 0 bridgehead atoms. The van der Waals surface area contributed by atoms with E-state index in [9.17, 15) is 13.7 Å². The van der Waals surface area contributed by atoms with E-state index in [1.165, 1.54) is 0 Å². The van der Waals surface area contributed by atoms with Gasteiger partial charge in [-0.1, -0.05) is 6.92 Å².